The minimum Gasteiger partial charge on any atom is -0.314 e. The summed E-state index contributed by atoms with van der Waals surface area (Å²) >= 11 is 0. The summed E-state index contributed by atoms with van der Waals surface area (Å²) in [4.78, 5) is 5.54. The molecule has 0 amide bonds. The minimum absolute atomic E-state index is 0.830. The zero-order chi connectivity index (χ0) is 11.0. The van der Waals surface area contributed by atoms with E-state index in [1.54, 1.807) is 0 Å². The van der Waals surface area contributed by atoms with Crippen molar-refractivity contribution < 1.29 is 0 Å². The van der Waals surface area contributed by atoms with Crippen molar-refractivity contribution in [2.45, 2.75) is 50.7 Å². The predicted molar refractivity (Wildman–Crippen MR) is 66.7 cm³/mol. The van der Waals surface area contributed by atoms with Crippen LogP contribution in [0, 0.1) is 0 Å². The van der Waals surface area contributed by atoms with Crippen LogP contribution in [0.4, 0.5) is 0 Å². The largest absolute Gasteiger partial charge is 0.314 e. The van der Waals surface area contributed by atoms with Crippen LogP contribution < -0.4 is 5.32 Å². The van der Waals surface area contributed by atoms with Crippen LogP contribution in [0.5, 0.6) is 0 Å². The van der Waals surface area contributed by atoms with Crippen molar-refractivity contribution in [3.05, 3.63) is 0 Å². The van der Waals surface area contributed by atoms with Crippen molar-refractivity contribution in [1.82, 2.24) is 15.1 Å². The number of likely N-dealkylation sites (N-methyl/N-ethyl adjacent to an activating group) is 1. The SMILES string of the molecule is CCN(C1CNC1)C1CCN2CCCCC12. The van der Waals surface area contributed by atoms with Gasteiger partial charge in [-0.15, -0.1) is 0 Å². The molecule has 16 heavy (non-hydrogen) atoms. The molecule has 0 radical (unpaired) electrons. The summed E-state index contributed by atoms with van der Waals surface area (Å²) in [6.07, 6.45) is 5.74. The van der Waals surface area contributed by atoms with E-state index in [-0.39, 0.29) is 0 Å². The van der Waals surface area contributed by atoms with Crippen LogP contribution in [0.2, 0.25) is 0 Å². The van der Waals surface area contributed by atoms with Crippen LogP contribution in [-0.4, -0.2) is 60.6 Å². The first-order valence-corrected chi connectivity index (χ1v) is 7.10. The molecule has 2 atom stereocenters. The Labute approximate surface area is 99.2 Å². The lowest BCUT2D eigenvalue weighted by Gasteiger charge is -2.44. The maximum atomic E-state index is 3.42. The van der Waals surface area contributed by atoms with Gasteiger partial charge < -0.3 is 5.32 Å². The van der Waals surface area contributed by atoms with E-state index in [2.05, 4.69) is 22.0 Å². The van der Waals surface area contributed by atoms with Gasteiger partial charge in [-0.05, 0) is 32.4 Å². The number of piperidine rings is 1. The molecule has 3 aliphatic heterocycles. The molecule has 0 aromatic rings. The molecule has 3 rings (SSSR count). The third-order valence-corrected chi connectivity index (χ3v) is 4.84. The molecule has 0 aliphatic carbocycles. The van der Waals surface area contributed by atoms with E-state index in [1.165, 1.54) is 58.4 Å². The zero-order valence-corrected chi connectivity index (χ0v) is 10.5. The fourth-order valence-corrected chi connectivity index (χ4v) is 3.88. The van der Waals surface area contributed by atoms with Crippen LogP contribution in [0.3, 0.4) is 0 Å². The Bertz CT molecular complexity index is 239. The molecular formula is C13H25N3. The van der Waals surface area contributed by atoms with Gasteiger partial charge in [-0.2, -0.15) is 0 Å². The Morgan fingerprint density at radius 2 is 2.06 bits per heavy atom. The highest BCUT2D eigenvalue weighted by molar-refractivity contribution is 4.99. The van der Waals surface area contributed by atoms with Crippen LogP contribution in [-0.2, 0) is 0 Å². The maximum absolute atomic E-state index is 3.42. The average molecular weight is 223 g/mol. The average Bonchev–Trinajstić information content (AvgIpc) is 2.67. The van der Waals surface area contributed by atoms with E-state index < -0.39 is 0 Å². The summed E-state index contributed by atoms with van der Waals surface area (Å²) in [5.41, 5.74) is 0. The van der Waals surface area contributed by atoms with Crippen molar-refractivity contribution in [3.8, 4) is 0 Å². The molecule has 3 saturated heterocycles. The quantitative estimate of drug-likeness (QED) is 0.767. The van der Waals surface area contributed by atoms with E-state index in [1.807, 2.05) is 0 Å². The van der Waals surface area contributed by atoms with Gasteiger partial charge in [0.1, 0.15) is 0 Å². The lowest BCUT2D eigenvalue weighted by Crippen LogP contribution is -2.62. The molecule has 3 nitrogen and oxygen atoms in total. The van der Waals surface area contributed by atoms with Crippen molar-refractivity contribution >= 4 is 0 Å². The summed E-state index contributed by atoms with van der Waals surface area (Å²) in [5, 5.41) is 3.42. The van der Waals surface area contributed by atoms with E-state index in [0.717, 1.165) is 18.1 Å². The summed E-state index contributed by atoms with van der Waals surface area (Å²) < 4.78 is 0. The Morgan fingerprint density at radius 1 is 1.19 bits per heavy atom. The third-order valence-electron chi connectivity index (χ3n) is 4.84. The fourth-order valence-electron chi connectivity index (χ4n) is 3.88. The number of nitrogens with one attached hydrogen (secondary N) is 1. The summed E-state index contributed by atoms with van der Waals surface area (Å²) in [6, 6.07) is 2.57. The summed E-state index contributed by atoms with van der Waals surface area (Å²) in [5.74, 6) is 0. The molecule has 3 heterocycles. The van der Waals surface area contributed by atoms with Crippen molar-refractivity contribution in [1.29, 1.82) is 0 Å². The normalized spacial score (nSPS) is 36.4. The van der Waals surface area contributed by atoms with Gasteiger partial charge in [-0.25, -0.2) is 0 Å². The summed E-state index contributed by atoms with van der Waals surface area (Å²) in [7, 11) is 0. The molecule has 2 unspecified atom stereocenters. The minimum atomic E-state index is 0.830. The van der Waals surface area contributed by atoms with Gasteiger partial charge in [0, 0.05) is 37.8 Å². The Hall–Kier alpha value is -0.120. The monoisotopic (exact) mass is 223 g/mol. The highest BCUT2D eigenvalue weighted by Crippen LogP contribution is 2.31. The van der Waals surface area contributed by atoms with Crippen molar-refractivity contribution in [2.24, 2.45) is 0 Å². The van der Waals surface area contributed by atoms with Gasteiger partial charge in [0.25, 0.3) is 0 Å². The van der Waals surface area contributed by atoms with E-state index in [9.17, 15) is 0 Å². The van der Waals surface area contributed by atoms with Gasteiger partial charge in [-0.1, -0.05) is 13.3 Å². The van der Waals surface area contributed by atoms with E-state index in [4.69, 9.17) is 0 Å². The molecule has 1 N–H and O–H groups in total. The van der Waals surface area contributed by atoms with Gasteiger partial charge >= 0.3 is 0 Å². The fraction of sp³-hybridized carbons (Fsp3) is 1.00. The van der Waals surface area contributed by atoms with Gasteiger partial charge in [-0.3, -0.25) is 9.80 Å². The van der Waals surface area contributed by atoms with Gasteiger partial charge in [0.05, 0.1) is 0 Å². The second-order valence-corrected chi connectivity index (χ2v) is 5.60. The molecule has 0 aromatic heterocycles. The molecule has 0 saturated carbocycles. The van der Waals surface area contributed by atoms with E-state index in [0.29, 0.717) is 0 Å². The van der Waals surface area contributed by atoms with Crippen molar-refractivity contribution in [2.75, 3.05) is 32.7 Å². The third kappa shape index (κ3) is 1.79. The molecule has 3 fully saturated rings. The zero-order valence-electron chi connectivity index (χ0n) is 10.5. The lowest BCUT2D eigenvalue weighted by molar-refractivity contribution is 0.0630. The first-order valence-electron chi connectivity index (χ1n) is 7.10. The standard InChI is InChI=1S/C13H25N3/c1-2-16(11-9-14-10-11)13-6-8-15-7-4-3-5-12(13)15/h11-14H,2-10H2,1H3. The molecule has 3 heteroatoms. The topological polar surface area (TPSA) is 18.5 Å². The van der Waals surface area contributed by atoms with Crippen LogP contribution in [0.15, 0.2) is 0 Å². The molecule has 0 aromatic carbocycles. The van der Waals surface area contributed by atoms with Crippen LogP contribution in [0.25, 0.3) is 0 Å². The summed E-state index contributed by atoms with van der Waals surface area (Å²) in [6.45, 7) is 8.73. The lowest BCUT2D eigenvalue weighted by atomic mass is 9.95. The predicted octanol–water partition coefficient (Wildman–Crippen LogP) is 0.907. The second-order valence-electron chi connectivity index (χ2n) is 5.60. The number of rotatable bonds is 3. The Kier molecular flexibility index (Phi) is 3.18. The van der Waals surface area contributed by atoms with E-state index >= 15 is 0 Å². The molecule has 0 bridgehead atoms. The number of fused-ring (bicyclic) bond motifs is 1. The molecular weight excluding hydrogens is 198 g/mol. The number of nitrogens with zero attached hydrogens (tertiary/aromatic N) is 2. The van der Waals surface area contributed by atoms with Crippen LogP contribution in [0.1, 0.15) is 32.6 Å². The molecule has 92 valence electrons. The smallest absolute Gasteiger partial charge is 0.0348 e. The highest BCUT2D eigenvalue weighted by Gasteiger charge is 2.41. The second kappa shape index (κ2) is 4.63. The highest BCUT2D eigenvalue weighted by atomic mass is 15.3. The van der Waals surface area contributed by atoms with Gasteiger partial charge in [0.15, 0.2) is 0 Å². The maximum Gasteiger partial charge on any atom is 0.0348 e. The van der Waals surface area contributed by atoms with Gasteiger partial charge in [0.2, 0.25) is 0 Å². The Morgan fingerprint density at radius 3 is 2.75 bits per heavy atom. The molecule has 0 spiro atoms. The van der Waals surface area contributed by atoms with Crippen molar-refractivity contribution in [3.63, 3.8) is 0 Å². The van der Waals surface area contributed by atoms with Crippen LogP contribution >= 0.6 is 0 Å². The number of hydrogen-bond acceptors (Lipinski definition) is 3. The number of hydrogen-bond donors (Lipinski definition) is 1. The Balaban J connectivity index is 1.68. The first kappa shape index (κ1) is 11.0. The first-order chi connectivity index (χ1) is 7.90. The molecule has 3 aliphatic rings.